The van der Waals surface area contributed by atoms with Gasteiger partial charge in [-0.2, -0.15) is 0 Å². The largest absolute Gasteiger partial charge is 0.483 e. The number of piperidine rings is 1. The summed E-state index contributed by atoms with van der Waals surface area (Å²) < 4.78 is 0. The zero-order valence-electron chi connectivity index (χ0n) is 17.7. The molecule has 1 aliphatic heterocycles. The molecule has 3 aliphatic rings. The van der Waals surface area contributed by atoms with Crippen LogP contribution in [0.15, 0.2) is 10.9 Å². The zero-order chi connectivity index (χ0) is 21.8. The van der Waals surface area contributed by atoms with E-state index in [0.717, 1.165) is 56.2 Å². The molecule has 164 valence electrons. The summed E-state index contributed by atoms with van der Waals surface area (Å²) in [6.45, 7) is 2.76. The average Bonchev–Trinajstić information content (AvgIpc) is 3.16. The highest BCUT2D eigenvalue weighted by Crippen LogP contribution is 2.40. The van der Waals surface area contributed by atoms with Gasteiger partial charge in [0.2, 0.25) is 5.91 Å². The van der Waals surface area contributed by atoms with E-state index in [9.17, 15) is 14.4 Å². The molecule has 0 radical (unpaired) electrons. The molecular weight excluding hydrogens is 386 g/mol. The molecule has 0 unspecified atom stereocenters. The number of likely N-dealkylation sites (tertiary alicyclic amines) is 1. The van der Waals surface area contributed by atoms with Gasteiger partial charge < -0.3 is 19.9 Å². The van der Waals surface area contributed by atoms with Crippen molar-refractivity contribution in [2.45, 2.75) is 57.9 Å². The summed E-state index contributed by atoms with van der Waals surface area (Å²) in [5, 5.41) is 6.89. The highest BCUT2D eigenvalue weighted by Gasteiger charge is 2.41. The van der Waals surface area contributed by atoms with Gasteiger partial charge in [-0.1, -0.05) is 0 Å². The number of amides is 2. The quantitative estimate of drug-likeness (QED) is 0.711. The minimum Gasteiger partial charge on any atom is -0.483 e. The van der Waals surface area contributed by atoms with Crippen LogP contribution in [0.5, 0.6) is 0 Å². The minimum absolute atomic E-state index is 0.104. The number of pyridine rings is 1. The molecule has 1 saturated carbocycles. The molecule has 4 rings (SSSR count). The highest BCUT2D eigenvalue weighted by atomic mass is 16.3. The number of aromatic nitrogens is 1. The van der Waals surface area contributed by atoms with E-state index in [1.807, 2.05) is 22.9 Å². The van der Waals surface area contributed by atoms with E-state index in [4.69, 9.17) is 9.90 Å². The zero-order valence-corrected chi connectivity index (χ0v) is 17.7. The van der Waals surface area contributed by atoms with E-state index < -0.39 is 0 Å². The summed E-state index contributed by atoms with van der Waals surface area (Å²) in [7, 11) is 1.87. The minimum atomic E-state index is -0.250. The molecule has 3 atom stereocenters. The van der Waals surface area contributed by atoms with E-state index in [2.05, 4.69) is 4.98 Å². The number of aryl methyl sites for hydroxylation is 2. The third-order valence-corrected chi connectivity index (χ3v) is 6.94. The van der Waals surface area contributed by atoms with Gasteiger partial charge in [-0.25, -0.2) is 0 Å². The van der Waals surface area contributed by atoms with Crippen LogP contribution >= 0.6 is 0 Å². The van der Waals surface area contributed by atoms with Crippen molar-refractivity contribution < 1.29 is 19.5 Å². The van der Waals surface area contributed by atoms with Crippen molar-refractivity contribution >= 4 is 18.3 Å². The fourth-order valence-corrected chi connectivity index (χ4v) is 5.22. The molecule has 8 heteroatoms. The lowest BCUT2D eigenvalue weighted by Crippen LogP contribution is -2.44. The number of aromatic amines is 1. The number of nitrogens with one attached hydrogen (secondary N) is 1. The van der Waals surface area contributed by atoms with Gasteiger partial charge in [0.15, 0.2) is 0 Å². The van der Waals surface area contributed by atoms with E-state index in [0.29, 0.717) is 30.5 Å². The molecule has 2 aliphatic carbocycles. The Morgan fingerprint density at radius 1 is 1.23 bits per heavy atom. The Hall–Kier alpha value is -2.64. The summed E-state index contributed by atoms with van der Waals surface area (Å²) >= 11 is 0. The lowest BCUT2D eigenvalue weighted by Gasteiger charge is -2.35. The van der Waals surface area contributed by atoms with Crippen LogP contribution in [0.25, 0.3) is 0 Å². The lowest BCUT2D eigenvalue weighted by molar-refractivity contribution is -0.129. The Morgan fingerprint density at radius 3 is 2.60 bits per heavy atom. The Morgan fingerprint density at radius 2 is 1.90 bits per heavy atom. The number of hydrogen-bond acceptors (Lipinski definition) is 4. The Labute approximate surface area is 176 Å². The van der Waals surface area contributed by atoms with Gasteiger partial charge in [-0.05, 0) is 68.4 Å². The summed E-state index contributed by atoms with van der Waals surface area (Å²) in [6.07, 6.45) is 7.00. The van der Waals surface area contributed by atoms with Gasteiger partial charge in [0.25, 0.3) is 17.9 Å². The van der Waals surface area contributed by atoms with E-state index in [-0.39, 0.29) is 29.9 Å². The molecule has 2 amide bonds. The molecular formula is C22H31N3O5. The van der Waals surface area contributed by atoms with Gasteiger partial charge in [-0.3, -0.25) is 19.2 Å². The van der Waals surface area contributed by atoms with Gasteiger partial charge in [0.1, 0.15) is 5.56 Å². The third-order valence-electron chi connectivity index (χ3n) is 6.94. The number of H-pyrrole nitrogens is 1. The summed E-state index contributed by atoms with van der Waals surface area (Å²) in [4.78, 5) is 52.2. The predicted octanol–water partition coefficient (Wildman–Crippen LogP) is 1.67. The number of carbonyl (C=O) groups excluding carboxylic acids is 2. The van der Waals surface area contributed by atoms with Crippen LogP contribution < -0.4 is 5.56 Å². The molecule has 0 spiro atoms. The van der Waals surface area contributed by atoms with Crippen LogP contribution in [0.3, 0.4) is 0 Å². The fraction of sp³-hybridized carbons (Fsp3) is 0.636. The maximum Gasteiger partial charge on any atom is 0.290 e. The second-order valence-electron chi connectivity index (χ2n) is 8.64. The number of rotatable bonds is 2. The topological polar surface area (TPSA) is 111 Å². The Balaban J connectivity index is 0.000000806. The first-order chi connectivity index (χ1) is 14.3. The number of hydrogen-bond donors (Lipinski definition) is 2. The molecule has 1 aromatic heterocycles. The van der Waals surface area contributed by atoms with Crippen LogP contribution in [-0.4, -0.2) is 64.4 Å². The molecule has 0 bridgehead atoms. The molecule has 2 fully saturated rings. The Bertz CT molecular complexity index is 865. The van der Waals surface area contributed by atoms with Crippen LogP contribution in [-0.2, 0) is 22.4 Å². The van der Waals surface area contributed by atoms with Crippen molar-refractivity contribution in [1.29, 1.82) is 0 Å². The van der Waals surface area contributed by atoms with E-state index >= 15 is 0 Å². The van der Waals surface area contributed by atoms with Crippen molar-refractivity contribution in [2.75, 3.05) is 20.1 Å². The Kier molecular flexibility index (Phi) is 6.95. The number of fused-ring (bicyclic) bond motifs is 2. The second-order valence-corrected chi connectivity index (χ2v) is 8.64. The van der Waals surface area contributed by atoms with Crippen molar-refractivity contribution in [2.24, 2.45) is 11.8 Å². The monoisotopic (exact) mass is 417 g/mol. The summed E-state index contributed by atoms with van der Waals surface area (Å²) in [6, 6.07) is 2.11. The molecule has 30 heavy (non-hydrogen) atoms. The summed E-state index contributed by atoms with van der Waals surface area (Å²) in [5.41, 5.74) is 2.18. The SMILES string of the molecule is CC(=O)N(C)[C@H]1C[C@H]2CCN(C(=O)c3cc4c([nH]c3=O)CCCC4)C[C@H]2C1.O=CO. The van der Waals surface area contributed by atoms with Crippen molar-refractivity contribution in [3.8, 4) is 0 Å². The van der Waals surface area contributed by atoms with Gasteiger partial charge in [0, 0.05) is 38.8 Å². The third kappa shape index (κ3) is 4.57. The first-order valence-electron chi connectivity index (χ1n) is 10.7. The van der Waals surface area contributed by atoms with Gasteiger partial charge in [-0.15, -0.1) is 0 Å². The lowest BCUT2D eigenvalue weighted by atomic mass is 9.88. The fourth-order valence-electron chi connectivity index (χ4n) is 5.22. The first kappa shape index (κ1) is 22.1. The van der Waals surface area contributed by atoms with Crippen LogP contribution in [0.2, 0.25) is 0 Å². The number of nitrogens with zero attached hydrogens (tertiary/aromatic N) is 2. The molecule has 1 saturated heterocycles. The normalized spacial score (nSPS) is 24.7. The maximum absolute atomic E-state index is 13.1. The smallest absolute Gasteiger partial charge is 0.290 e. The highest BCUT2D eigenvalue weighted by molar-refractivity contribution is 5.94. The first-order valence-corrected chi connectivity index (χ1v) is 10.7. The molecule has 1 aromatic rings. The standard InChI is InChI=1S/C21H29N3O3.CH2O2/c1-13(25)23(2)17-9-14-7-8-24(12-16(14)10-17)21(27)18-11-15-5-3-4-6-19(15)22-20(18)26;2-1-3/h11,14,16-17H,3-10,12H2,1-2H3,(H,22,26);1H,(H,2,3)/t14-,16-,17+;/m1./s1. The van der Waals surface area contributed by atoms with Crippen LogP contribution in [0.4, 0.5) is 0 Å². The number of carboxylic acid groups (broad SMARTS) is 1. The van der Waals surface area contributed by atoms with E-state index in [1.54, 1.807) is 6.92 Å². The van der Waals surface area contributed by atoms with Crippen LogP contribution in [0, 0.1) is 11.8 Å². The predicted molar refractivity (Wildman–Crippen MR) is 111 cm³/mol. The average molecular weight is 418 g/mol. The maximum atomic E-state index is 13.1. The summed E-state index contributed by atoms with van der Waals surface area (Å²) in [5.74, 6) is 0.965. The van der Waals surface area contributed by atoms with Crippen molar-refractivity contribution in [3.63, 3.8) is 0 Å². The molecule has 0 aromatic carbocycles. The van der Waals surface area contributed by atoms with E-state index in [1.165, 1.54) is 0 Å². The van der Waals surface area contributed by atoms with Crippen molar-refractivity contribution in [3.05, 3.63) is 33.2 Å². The van der Waals surface area contributed by atoms with Crippen LogP contribution in [0.1, 0.15) is 60.6 Å². The van der Waals surface area contributed by atoms with Gasteiger partial charge >= 0.3 is 0 Å². The number of carbonyl (C=O) groups is 3. The molecule has 2 N–H and O–H groups in total. The van der Waals surface area contributed by atoms with Crippen molar-refractivity contribution in [1.82, 2.24) is 14.8 Å². The molecule has 8 nitrogen and oxygen atoms in total. The second kappa shape index (κ2) is 9.45. The molecule has 2 heterocycles. The van der Waals surface area contributed by atoms with Gasteiger partial charge in [0.05, 0.1) is 0 Å².